The van der Waals surface area contributed by atoms with Crippen molar-refractivity contribution >= 4 is 49.7 Å². The number of aliphatic carboxylic acids is 1. The molecule has 0 aliphatic heterocycles. The molecule has 1 aromatic heterocycles. The number of carbonyl (C=O) groups is 1. The molecule has 7 nitrogen and oxygen atoms in total. The van der Waals surface area contributed by atoms with Crippen LogP contribution in [0.5, 0.6) is 0 Å². The number of carboxylic acid groups (broad SMARTS) is 1. The number of anilines is 2. The molecule has 42 heavy (non-hydrogen) atoms. The van der Waals surface area contributed by atoms with E-state index in [2.05, 4.69) is 29.6 Å². The van der Waals surface area contributed by atoms with Gasteiger partial charge in [0.25, 0.3) is 0 Å². The van der Waals surface area contributed by atoms with Crippen LogP contribution in [0.3, 0.4) is 0 Å². The molecule has 4 aromatic carbocycles. The lowest BCUT2D eigenvalue weighted by atomic mass is 10.1. The van der Waals surface area contributed by atoms with Crippen molar-refractivity contribution in [2.24, 2.45) is 0 Å². The summed E-state index contributed by atoms with van der Waals surface area (Å²) in [5.74, 6) is -1.21. The van der Waals surface area contributed by atoms with Gasteiger partial charge in [0, 0.05) is 23.3 Å². The van der Waals surface area contributed by atoms with Crippen molar-refractivity contribution in [3.05, 3.63) is 119 Å². The lowest BCUT2D eigenvalue weighted by Crippen LogP contribution is -2.43. The van der Waals surface area contributed by atoms with E-state index in [0.717, 1.165) is 37.1 Å². The first kappa shape index (κ1) is 29.5. The summed E-state index contributed by atoms with van der Waals surface area (Å²) in [5.41, 5.74) is 5.30. The number of benzene rings is 4. The van der Waals surface area contributed by atoms with Crippen LogP contribution in [-0.2, 0) is 21.2 Å². The molecule has 5 aromatic rings. The van der Waals surface area contributed by atoms with Crippen LogP contribution in [0.25, 0.3) is 21.7 Å². The highest BCUT2D eigenvalue weighted by Crippen LogP contribution is 2.40. The van der Waals surface area contributed by atoms with Crippen LogP contribution < -0.4 is 5.32 Å². The van der Waals surface area contributed by atoms with Gasteiger partial charge in [-0.15, -0.1) is 0 Å². The molecule has 0 amide bonds. The van der Waals surface area contributed by atoms with Crippen molar-refractivity contribution in [1.29, 1.82) is 0 Å². The number of hydrogen-bond acceptors (Lipinski definition) is 6. The average molecular weight is 618 g/mol. The van der Waals surface area contributed by atoms with E-state index < -0.39 is 22.0 Å². The van der Waals surface area contributed by atoms with Gasteiger partial charge in [0.1, 0.15) is 6.04 Å². The van der Waals surface area contributed by atoms with Gasteiger partial charge in [-0.2, -0.15) is 4.31 Å². The summed E-state index contributed by atoms with van der Waals surface area (Å²) in [4.78, 5) is 17.9. The summed E-state index contributed by atoms with van der Waals surface area (Å²) in [5, 5.41) is 14.4. The largest absolute Gasteiger partial charge is 0.480 e. The van der Waals surface area contributed by atoms with Crippen LogP contribution in [-0.4, -0.2) is 41.9 Å². The highest BCUT2D eigenvalue weighted by molar-refractivity contribution is 7.89. The van der Waals surface area contributed by atoms with Gasteiger partial charge in [-0.25, -0.2) is 13.4 Å². The van der Waals surface area contributed by atoms with Gasteiger partial charge in [0.05, 0.1) is 15.5 Å². The number of halogens is 1. The molecule has 0 bridgehead atoms. The topological polar surface area (TPSA) is 99.6 Å². The van der Waals surface area contributed by atoms with E-state index >= 15 is 0 Å². The molecule has 0 saturated heterocycles. The zero-order valence-electron chi connectivity index (χ0n) is 22.9. The van der Waals surface area contributed by atoms with E-state index in [4.69, 9.17) is 16.6 Å². The van der Waals surface area contributed by atoms with Gasteiger partial charge < -0.3 is 10.4 Å². The monoisotopic (exact) mass is 617 g/mol. The predicted molar refractivity (Wildman–Crippen MR) is 169 cm³/mol. The maximum absolute atomic E-state index is 13.4. The summed E-state index contributed by atoms with van der Waals surface area (Å²) in [6.45, 7) is 2.04. The Balaban J connectivity index is 1.39. The first-order chi connectivity index (χ1) is 20.1. The molecule has 10 heteroatoms. The Labute approximate surface area is 254 Å². The van der Waals surface area contributed by atoms with Crippen LogP contribution in [0.1, 0.15) is 11.1 Å². The van der Waals surface area contributed by atoms with Gasteiger partial charge in [0.15, 0.2) is 5.13 Å². The second-order valence-corrected chi connectivity index (χ2v) is 13.2. The Morgan fingerprint density at radius 2 is 1.55 bits per heavy atom. The minimum absolute atomic E-state index is 0.00352. The number of nitrogens with one attached hydrogen (secondary N) is 1. The van der Waals surface area contributed by atoms with Crippen LogP contribution >= 0.6 is 22.9 Å². The first-order valence-corrected chi connectivity index (χ1v) is 15.7. The summed E-state index contributed by atoms with van der Waals surface area (Å²) < 4.78 is 27.7. The van der Waals surface area contributed by atoms with Crippen molar-refractivity contribution in [1.82, 2.24) is 9.29 Å². The molecule has 0 radical (unpaired) electrons. The van der Waals surface area contributed by atoms with E-state index in [-0.39, 0.29) is 11.3 Å². The summed E-state index contributed by atoms with van der Waals surface area (Å²) in [6.07, 6.45) is 0.0505. The quantitative estimate of drug-likeness (QED) is 0.168. The van der Waals surface area contributed by atoms with Crippen LogP contribution in [0.15, 0.2) is 108 Å². The van der Waals surface area contributed by atoms with E-state index in [1.54, 1.807) is 36.4 Å². The van der Waals surface area contributed by atoms with E-state index in [0.29, 0.717) is 15.8 Å². The molecular weight excluding hydrogens is 590 g/mol. The van der Waals surface area contributed by atoms with Gasteiger partial charge in [-0.05, 0) is 60.9 Å². The van der Waals surface area contributed by atoms with E-state index in [9.17, 15) is 18.3 Å². The Kier molecular flexibility index (Phi) is 8.74. The van der Waals surface area contributed by atoms with Gasteiger partial charge in [-0.3, -0.25) is 4.79 Å². The first-order valence-electron chi connectivity index (χ1n) is 13.1. The van der Waals surface area contributed by atoms with Crippen LogP contribution in [0.2, 0.25) is 5.02 Å². The maximum atomic E-state index is 13.4. The Hall–Kier alpha value is -4.02. The zero-order chi connectivity index (χ0) is 29.9. The third-order valence-corrected chi connectivity index (χ3v) is 9.99. The molecule has 214 valence electrons. The molecular formula is C32H28ClN3O4S2. The minimum atomic E-state index is -4.07. The number of thiazole rings is 1. The van der Waals surface area contributed by atoms with Crippen LogP contribution in [0.4, 0.5) is 10.8 Å². The Bertz CT molecular complexity index is 1730. The van der Waals surface area contributed by atoms with Gasteiger partial charge in [0.2, 0.25) is 10.0 Å². The number of aryl methyl sites for hydroxylation is 1. The zero-order valence-corrected chi connectivity index (χ0v) is 25.2. The predicted octanol–water partition coefficient (Wildman–Crippen LogP) is 7.50. The van der Waals surface area contributed by atoms with Crippen molar-refractivity contribution < 1.29 is 18.3 Å². The van der Waals surface area contributed by atoms with Gasteiger partial charge in [-0.1, -0.05) is 95.2 Å². The fourth-order valence-electron chi connectivity index (χ4n) is 4.45. The molecule has 1 unspecified atom stereocenters. The smallest absolute Gasteiger partial charge is 0.322 e. The van der Waals surface area contributed by atoms with E-state index in [1.807, 2.05) is 37.3 Å². The highest BCUT2D eigenvalue weighted by Gasteiger charge is 2.33. The standard InChI is InChI=1S/C32H28ClN3O4S2/c1-21-8-10-24(11-9-21)30-29(23-12-14-25(33)15-13-23)35-32(41-30)34-26-16-18-27(19-17-26)42(39,40)36(2)28(31(37)38)20-22-6-4-3-5-7-22/h3-19,28H,20H2,1-2H3,(H,34,35)(H,37,38). The SMILES string of the molecule is Cc1ccc(-c2sc(Nc3ccc(S(=O)(=O)N(C)C(Cc4ccccc4)C(=O)O)cc3)nc2-c2ccc(Cl)cc2)cc1. The van der Waals surface area contributed by atoms with Gasteiger partial charge >= 0.3 is 5.97 Å². The maximum Gasteiger partial charge on any atom is 0.322 e. The summed E-state index contributed by atoms with van der Waals surface area (Å²) in [7, 11) is -2.78. The number of sulfonamides is 1. The Morgan fingerprint density at radius 3 is 2.17 bits per heavy atom. The molecule has 2 N–H and O–H groups in total. The van der Waals surface area contributed by atoms with Crippen LogP contribution in [0, 0.1) is 6.92 Å². The normalized spacial score (nSPS) is 12.3. The lowest BCUT2D eigenvalue weighted by molar-refractivity contribution is -0.141. The molecule has 0 spiro atoms. The number of likely N-dealkylation sites (N-methyl/N-ethyl adjacent to an activating group) is 1. The number of rotatable bonds is 10. The fraction of sp³-hybridized carbons (Fsp3) is 0.125. The lowest BCUT2D eigenvalue weighted by Gasteiger charge is -2.24. The third kappa shape index (κ3) is 6.55. The molecule has 0 saturated carbocycles. The molecule has 0 fully saturated rings. The number of carboxylic acids is 1. The molecule has 0 aliphatic carbocycles. The number of aromatic nitrogens is 1. The molecule has 1 heterocycles. The third-order valence-electron chi connectivity index (χ3n) is 6.84. The van der Waals surface area contributed by atoms with Crippen molar-refractivity contribution in [3.63, 3.8) is 0 Å². The molecule has 1 atom stereocenters. The second-order valence-electron chi connectivity index (χ2n) is 9.78. The average Bonchev–Trinajstić information content (AvgIpc) is 3.40. The second kappa shape index (κ2) is 12.5. The highest BCUT2D eigenvalue weighted by atomic mass is 35.5. The minimum Gasteiger partial charge on any atom is -0.480 e. The van der Waals surface area contributed by atoms with Crippen molar-refractivity contribution in [2.75, 3.05) is 12.4 Å². The number of hydrogen-bond donors (Lipinski definition) is 2. The fourth-order valence-corrected chi connectivity index (χ4v) is 6.91. The summed E-state index contributed by atoms with van der Waals surface area (Å²) >= 11 is 7.60. The van der Waals surface area contributed by atoms with Crippen molar-refractivity contribution in [2.45, 2.75) is 24.3 Å². The summed E-state index contributed by atoms with van der Waals surface area (Å²) in [6, 6.07) is 29.6. The number of nitrogens with zero attached hydrogens (tertiary/aromatic N) is 2. The molecule has 5 rings (SSSR count). The molecule has 0 aliphatic rings. The van der Waals surface area contributed by atoms with Crippen molar-refractivity contribution in [3.8, 4) is 21.7 Å². The van der Waals surface area contributed by atoms with E-state index in [1.165, 1.54) is 30.5 Å². The Morgan fingerprint density at radius 1 is 0.929 bits per heavy atom.